The first-order valence-corrected chi connectivity index (χ1v) is 4.88. The summed E-state index contributed by atoms with van der Waals surface area (Å²) in [6.45, 7) is 1.81. The molecular weight excluding hydrogens is 222 g/mol. The zero-order valence-corrected chi connectivity index (χ0v) is 9.35. The van der Waals surface area contributed by atoms with Crippen molar-refractivity contribution in [1.82, 2.24) is 4.57 Å². The maximum atomic E-state index is 11.8. The van der Waals surface area contributed by atoms with Gasteiger partial charge in [-0.3, -0.25) is 14.4 Å². The van der Waals surface area contributed by atoms with E-state index in [0.29, 0.717) is 11.4 Å². The average Bonchev–Trinajstić information content (AvgIpc) is 2.72. The molecular formula is C11H9N3O3. The third kappa shape index (κ3) is 1.52. The topological polar surface area (TPSA) is 84.4 Å². The van der Waals surface area contributed by atoms with Crippen molar-refractivity contribution in [3.63, 3.8) is 0 Å². The van der Waals surface area contributed by atoms with Crippen molar-refractivity contribution < 1.29 is 14.3 Å². The van der Waals surface area contributed by atoms with E-state index in [1.807, 2.05) is 6.07 Å². The minimum absolute atomic E-state index is 0.100. The number of ether oxygens (including phenoxy) is 1. The molecule has 17 heavy (non-hydrogen) atoms. The van der Waals surface area contributed by atoms with E-state index in [1.165, 1.54) is 17.9 Å². The number of methoxy groups -OCH3 is 1. The van der Waals surface area contributed by atoms with Gasteiger partial charge in [0.25, 0.3) is 5.91 Å². The minimum Gasteiger partial charge on any atom is -0.465 e. The van der Waals surface area contributed by atoms with Gasteiger partial charge in [0.15, 0.2) is 0 Å². The van der Waals surface area contributed by atoms with Gasteiger partial charge in [0.1, 0.15) is 6.07 Å². The molecule has 0 atom stereocenters. The number of aromatic nitrogens is 1. The fraction of sp³-hybridized carbons (Fsp3) is 0.273. The summed E-state index contributed by atoms with van der Waals surface area (Å²) in [6.07, 6.45) is 1.33. The van der Waals surface area contributed by atoms with E-state index in [-0.39, 0.29) is 23.6 Å². The number of carbonyl (C=O) groups excluding carboxylic acids is 2. The van der Waals surface area contributed by atoms with Gasteiger partial charge in [-0.2, -0.15) is 5.26 Å². The predicted octanol–water partition coefficient (Wildman–Crippen LogP) is 0.761. The standard InChI is InChI=1S/C11H9N3O3/c1-6-10(15)14-5-8(11(16)17-2)7(3-12)9(14)4-13-6/h5H,4H2,1-2H3. The number of aliphatic imine (C=N–C) groups is 1. The molecule has 1 aliphatic rings. The van der Waals surface area contributed by atoms with Crippen molar-refractivity contribution in [2.24, 2.45) is 4.99 Å². The van der Waals surface area contributed by atoms with Crippen LogP contribution in [0.2, 0.25) is 0 Å². The Morgan fingerprint density at radius 1 is 1.65 bits per heavy atom. The number of hydrogen-bond acceptors (Lipinski definition) is 5. The average molecular weight is 231 g/mol. The Kier molecular flexibility index (Phi) is 2.52. The van der Waals surface area contributed by atoms with Gasteiger partial charge in [-0.25, -0.2) is 4.79 Å². The van der Waals surface area contributed by atoms with Crippen molar-refractivity contribution in [3.8, 4) is 6.07 Å². The molecule has 0 fully saturated rings. The van der Waals surface area contributed by atoms with Gasteiger partial charge < -0.3 is 4.74 Å². The number of carbonyl (C=O) groups is 2. The van der Waals surface area contributed by atoms with Crippen LogP contribution in [0, 0.1) is 11.3 Å². The molecule has 0 amide bonds. The molecule has 0 radical (unpaired) electrons. The zero-order valence-electron chi connectivity index (χ0n) is 9.35. The lowest BCUT2D eigenvalue weighted by atomic mass is 10.1. The second-order valence-electron chi connectivity index (χ2n) is 3.54. The van der Waals surface area contributed by atoms with Gasteiger partial charge in [0.2, 0.25) is 0 Å². The SMILES string of the molecule is COC(=O)c1cn2c(c1C#N)CN=C(C)C2=O. The van der Waals surface area contributed by atoms with Crippen LogP contribution >= 0.6 is 0 Å². The zero-order chi connectivity index (χ0) is 12.6. The highest BCUT2D eigenvalue weighted by Gasteiger charge is 2.27. The quantitative estimate of drug-likeness (QED) is 0.668. The van der Waals surface area contributed by atoms with Crippen LogP contribution in [0.3, 0.4) is 0 Å². The largest absolute Gasteiger partial charge is 0.465 e. The normalized spacial score (nSPS) is 13.7. The Balaban J connectivity index is 2.63. The second kappa shape index (κ2) is 3.87. The van der Waals surface area contributed by atoms with E-state index in [1.54, 1.807) is 6.92 Å². The van der Waals surface area contributed by atoms with Crippen molar-refractivity contribution in [3.05, 3.63) is 23.0 Å². The molecule has 0 spiro atoms. The molecule has 1 aromatic rings. The lowest BCUT2D eigenvalue weighted by Crippen LogP contribution is -2.24. The third-order valence-electron chi connectivity index (χ3n) is 2.62. The second-order valence-corrected chi connectivity index (χ2v) is 3.54. The van der Waals surface area contributed by atoms with Crippen molar-refractivity contribution in [2.45, 2.75) is 13.5 Å². The number of nitriles is 1. The van der Waals surface area contributed by atoms with Gasteiger partial charge in [-0.05, 0) is 6.92 Å². The summed E-state index contributed by atoms with van der Waals surface area (Å²) < 4.78 is 5.85. The van der Waals surface area contributed by atoms with Crippen LogP contribution in [-0.2, 0) is 11.3 Å². The highest BCUT2D eigenvalue weighted by atomic mass is 16.5. The Morgan fingerprint density at radius 3 is 2.94 bits per heavy atom. The molecule has 6 heteroatoms. The first-order chi connectivity index (χ1) is 8.10. The van der Waals surface area contributed by atoms with E-state index in [4.69, 9.17) is 5.26 Å². The first kappa shape index (κ1) is 11.1. The lowest BCUT2D eigenvalue weighted by molar-refractivity contribution is 0.0600. The van der Waals surface area contributed by atoms with Gasteiger partial charge in [0.05, 0.1) is 36.2 Å². The summed E-state index contributed by atoms with van der Waals surface area (Å²) >= 11 is 0. The van der Waals surface area contributed by atoms with Gasteiger partial charge in [-0.15, -0.1) is 0 Å². The summed E-state index contributed by atoms with van der Waals surface area (Å²) in [5, 5.41) is 9.03. The molecule has 86 valence electrons. The highest BCUT2D eigenvalue weighted by molar-refractivity contribution is 6.39. The first-order valence-electron chi connectivity index (χ1n) is 4.88. The number of esters is 1. The highest BCUT2D eigenvalue weighted by Crippen LogP contribution is 2.21. The molecule has 2 heterocycles. The lowest BCUT2D eigenvalue weighted by Gasteiger charge is -2.11. The minimum atomic E-state index is -0.631. The molecule has 0 N–H and O–H groups in total. The Morgan fingerprint density at radius 2 is 2.35 bits per heavy atom. The third-order valence-corrected chi connectivity index (χ3v) is 2.62. The van der Waals surface area contributed by atoms with Crippen LogP contribution in [0.5, 0.6) is 0 Å². The summed E-state index contributed by atoms with van der Waals surface area (Å²) in [7, 11) is 1.23. The smallest absolute Gasteiger partial charge is 0.340 e. The summed E-state index contributed by atoms with van der Waals surface area (Å²) in [5.74, 6) is -0.952. The molecule has 0 unspecified atom stereocenters. The number of fused-ring (bicyclic) bond motifs is 1. The van der Waals surface area contributed by atoms with E-state index < -0.39 is 5.97 Å². The van der Waals surface area contributed by atoms with E-state index >= 15 is 0 Å². The van der Waals surface area contributed by atoms with Crippen LogP contribution in [-0.4, -0.2) is 29.3 Å². The summed E-state index contributed by atoms with van der Waals surface area (Å²) in [5.41, 5.74) is 1.04. The molecule has 6 nitrogen and oxygen atoms in total. The van der Waals surface area contributed by atoms with E-state index in [9.17, 15) is 9.59 Å². The number of hydrogen-bond donors (Lipinski definition) is 0. The Hall–Kier alpha value is -2.42. The van der Waals surface area contributed by atoms with Crippen molar-refractivity contribution in [2.75, 3.05) is 7.11 Å². The fourth-order valence-corrected chi connectivity index (χ4v) is 1.71. The molecule has 1 aliphatic heterocycles. The van der Waals surface area contributed by atoms with Gasteiger partial charge in [0, 0.05) is 6.20 Å². The van der Waals surface area contributed by atoms with Crippen molar-refractivity contribution >= 4 is 17.6 Å². The van der Waals surface area contributed by atoms with E-state index in [0.717, 1.165) is 0 Å². The maximum absolute atomic E-state index is 11.8. The van der Waals surface area contributed by atoms with Gasteiger partial charge >= 0.3 is 5.97 Å². The summed E-state index contributed by atoms with van der Waals surface area (Å²) in [4.78, 5) is 27.2. The Bertz CT molecular complexity index is 590. The summed E-state index contributed by atoms with van der Waals surface area (Å²) in [6, 6.07) is 1.91. The van der Waals surface area contributed by atoms with E-state index in [2.05, 4.69) is 9.73 Å². The Labute approximate surface area is 97.1 Å². The fourth-order valence-electron chi connectivity index (χ4n) is 1.71. The molecule has 0 aliphatic carbocycles. The van der Waals surface area contributed by atoms with Crippen LogP contribution in [0.4, 0.5) is 0 Å². The molecule has 0 bridgehead atoms. The predicted molar refractivity (Wildman–Crippen MR) is 57.9 cm³/mol. The molecule has 1 aromatic heterocycles. The number of nitrogens with zero attached hydrogens (tertiary/aromatic N) is 3. The number of rotatable bonds is 1. The van der Waals surface area contributed by atoms with Crippen LogP contribution in [0.25, 0.3) is 0 Å². The van der Waals surface area contributed by atoms with Crippen LogP contribution in [0.15, 0.2) is 11.2 Å². The molecule has 2 rings (SSSR count). The monoisotopic (exact) mass is 231 g/mol. The molecule has 0 aromatic carbocycles. The van der Waals surface area contributed by atoms with Gasteiger partial charge in [-0.1, -0.05) is 0 Å². The van der Waals surface area contributed by atoms with Crippen molar-refractivity contribution in [1.29, 1.82) is 5.26 Å². The van der Waals surface area contributed by atoms with Crippen LogP contribution in [0.1, 0.15) is 33.3 Å². The van der Waals surface area contributed by atoms with Crippen LogP contribution < -0.4 is 0 Å². The molecule has 0 saturated heterocycles. The maximum Gasteiger partial charge on any atom is 0.340 e. The molecule has 0 saturated carbocycles.